The number of nitrogens with two attached hydrogens (primary N) is 1. The number of thiophene rings is 1. The van der Waals surface area contributed by atoms with Gasteiger partial charge >= 0.3 is 0 Å². The van der Waals surface area contributed by atoms with Crippen LogP contribution in [0, 0.1) is 17.1 Å². The normalized spacial score (nSPS) is 10.3. The van der Waals surface area contributed by atoms with E-state index >= 15 is 0 Å². The maximum absolute atomic E-state index is 13.1. The lowest BCUT2D eigenvalue weighted by molar-refractivity contribution is 0.628. The maximum Gasteiger partial charge on any atom is 0.123 e. The molecule has 0 saturated carbocycles. The summed E-state index contributed by atoms with van der Waals surface area (Å²) in [4.78, 5) is 4.88. The Balaban J connectivity index is 2.27. The summed E-state index contributed by atoms with van der Waals surface area (Å²) in [6.45, 7) is 0. The number of nitrogen functional groups attached to an aromatic ring is 1. The second-order valence-corrected chi connectivity index (χ2v) is 5.45. The standard InChI is InChI=1S/C16H10FN3S/c17-12-3-1-10(2-4-12)14-13(9-18)16(19)21-15(14)11-5-7-20-8-6-11/h1-8H,19H2. The number of nitriles is 1. The Kier molecular flexibility index (Phi) is 3.38. The van der Waals surface area contributed by atoms with Crippen LogP contribution in [0.4, 0.5) is 9.39 Å². The summed E-state index contributed by atoms with van der Waals surface area (Å²) in [5.74, 6) is -0.314. The smallest absolute Gasteiger partial charge is 0.123 e. The van der Waals surface area contributed by atoms with Crippen molar-refractivity contribution in [2.75, 3.05) is 5.73 Å². The lowest BCUT2D eigenvalue weighted by Gasteiger charge is -2.05. The van der Waals surface area contributed by atoms with Gasteiger partial charge in [-0.1, -0.05) is 12.1 Å². The van der Waals surface area contributed by atoms with Crippen LogP contribution in [0.25, 0.3) is 21.6 Å². The van der Waals surface area contributed by atoms with Crippen LogP contribution in [-0.4, -0.2) is 4.98 Å². The highest BCUT2D eigenvalue weighted by Gasteiger charge is 2.19. The highest BCUT2D eigenvalue weighted by molar-refractivity contribution is 7.20. The van der Waals surface area contributed by atoms with E-state index in [1.807, 2.05) is 12.1 Å². The molecule has 0 spiro atoms. The van der Waals surface area contributed by atoms with Crippen molar-refractivity contribution in [3.63, 3.8) is 0 Å². The SMILES string of the molecule is N#Cc1c(N)sc(-c2ccncc2)c1-c1ccc(F)cc1. The van der Waals surface area contributed by atoms with E-state index in [1.165, 1.54) is 23.5 Å². The Labute approximate surface area is 125 Å². The molecule has 0 aliphatic carbocycles. The summed E-state index contributed by atoms with van der Waals surface area (Å²) in [7, 11) is 0. The molecule has 0 amide bonds. The number of anilines is 1. The minimum atomic E-state index is -0.314. The van der Waals surface area contributed by atoms with E-state index in [-0.39, 0.29) is 5.82 Å². The monoisotopic (exact) mass is 295 g/mol. The Morgan fingerprint density at radius 1 is 1.05 bits per heavy atom. The highest BCUT2D eigenvalue weighted by atomic mass is 32.1. The molecule has 2 N–H and O–H groups in total. The van der Waals surface area contributed by atoms with Gasteiger partial charge in [0.05, 0.1) is 5.56 Å². The van der Waals surface area contributed by atoms with Crippen molar-refractivity contribution in [2.45, 2.75) is 0 Å². The first-order chi connectivity index (χ1) is 10.2. The Bertz CT molecular complexity index is 817. The first-order valence-electron chi connectivity index (χ1n) is 6.19. The number of rotatable bonds is 2. The summed E-state index contributed by atoms with van der Waals surface area (Å²) in [5.41, 5.74) is 8.84. The van der Waals surface area contributed by atoms with E-state index in [0.717, 1.165) is 21.6 Å². The van der Waals surface area contributed by atoms with Crippen LogP contribution in [0.5, 0.6) is 0 Å². The van der Waals surface area contributed by atoms with Gasteiger partial charge in [-0.15, -0.1) is 11.3 Å². The maximum atomic E-state index is 13.1. The number of halogens is 1. The molecule has 2 heterocycles. The molecule has 0 unspecified atom stereocenters. The van der Waals surface area contributed by atoms with Crippen LogP contribution in [0.3, 0.4) is 0 Å². The quantitative estimate of drug-likeness (QED) is 0.775. The lowest BCUT2D eigenvalue weighted by Crippen LogP contribution is -1.87. The van der Waals surface area contributed by atoms with Crippen LogP contribution in [0.1, 0.15) is 5.56 Å². The predicted octanol–water partition coefficient (Wildman–Crippen LogP) is 4.07. The summed E-state index contributed by atoms with van der Waals surface area (Å²) < 4.78 is 13.1. The predicted molar refractivity (Wildman–Crippen MR) is 82.1 cm³/mol. The van der Waals surface area contributed by atoms with Crippen molar-refractivity contribution in [1.82, 2.24) is 4.98 Å². The molecule has 3 aromatic rings. The summed E-state index contributed by atoms with van der Waals surface area (Å²) >= 11 is 1.35. The zero-order valence-electron chi connectivity index (χ0n) is 10.9. The second kappa shape index (κ2) is 5.35. The fraction of sp³-hybridized carbons (Fsp3) is 0. The van der Waals surface area contributed by atoms with E-state index < -0.39 is 0 Å². The van der Waals surface area contributed by atoms with Crippen molar-refractivity contribution in [3.05, 3.63) is 60.2 Å². The Morgan fingerprint density at radius 2 is 1.71 bits per heavy atom. The van der Waals surface area contributed by atoms with Gasteiger partial charge in [0.2, 0.25) is 0 Å². The van der Waals surface area contributed by atoms with Gasteiger partial charge in [-0.3, -0.25) is 4.98 Å². The molecule has 102 valence electrons. The van der Waals surface area contributed by atoms with Gasteiger partial charge in [0.15, 0.2) is 0 Å². The van der Waals surface area contributed by atoms with E-state index in [9.17, 15) is 9.65 Å². The lowest BCUT2D eigenvalue weighted by atomic mass is 9.99. The number of pyridine rings is 1. The fourth-order valence-corrected chi connectivity index (χ4v) is 3.20. The van der Waals surface area contributed by atoms with E-state index in [1.54, 1.807) is 24.5 Å². The number of nitrogens with zero attached hydrogens (tertiary/aromatic N) is 2. The van der Waals surface area contributed by atoms with E-state index in [2.05, 4.69) is 11.1 Å². The molecule has 0 bridgehead atoms. The van der Waals surface area contributed by atoms with Crippen LogP contribution >= 0.6 is 11.3 Å². The van der Waals surface area contributed by atoms with Gasteiger partial charge in [-0.25, -0.2) is 4.39 Å². The van der Waals surface area contributed by atoms with Crippen LogP contribution in [-0.2, 0) is 0 Å². The van der Waals surface area contributed by atoms with Crippen molar-refractivity contribution in [2.24, 2.45) is 0 Å². The van der Waals surface area contributed by atoms with Gasteiger partial charge in [0, 0.05) is 22.8 Å². The van der Waals surface area contributed by atoms with Crippen molar-refractivity contribution < 1.29 is 4.39 Å². The summed E-state index contributed by atoms with van der Waals surface area (Å²) in [5, 5.41) is 9.83. The summed E-state index contributed by atoms with van der Waals surface area (Å²) in [6, 6.07) is 11.9. The number of hydrogen-bond acceptors (Lipinski definition) is 4. The van der Waals surface area contributed by atoms with Crippen LogP contribution < -0.4 is 5.73 Å². The third-order valence-electron chi connectivity index (χ3n) is 3.12. The zero-order valence-corrected chi connectivity index (χ0v) is 11.7. The Morgan fingerprint density at radius 3 is 2.33 bits per heavy atom. The molecular weight excluding hydrogens is 285 g/mol. The number of aromatic nitrogens is 1. The molecular formula is C16H10FN3S. The third-order valence-corrected chi connectivity index (χ3v) is 4.19. The van der Waals surface area contributed by atoms with Gasteiger partial charge in [-0.05, 0) is 35.4 Å². The molecule has 0 fully saturated rings. The van der Waals surface area contributed by atoms with Crippen molar-refractivity contribution in [3.8, 4) is 27.6 Å². The molecule has 1 aromatic carbocycles. The topological polar surface area (TPSA) is 62.7 Å². The average molecular weight is 295 g/mol. The summed E-state index contributed by atoms with van der Waals surface area (Å²) in [6.07, 6.45) is 3.37. The van der Waals surface area contributed by atoms with Gasteiger partial charge < -0.3 is 5.73 Å². The number of hydrogen-bond donors (Lipinski definition) is 1. The van der Waals surface area contributed by atoms with E-state index in [4.69, 9.17) is 5.73 Å². The minimum absolute atomic E-state index is 0.314. The van der Waals surface area contributed by atoms with Gasteiger partial charge in [0.1, 0.15) is 16.9 Å². The molecule has 21 heavy (non-hydrogen) atoms. The molecule has 0 aliphatic rings. The van der Waals surface area contributed by atoms with Crippen molar-refractivity contribution in [1.29, 1.82) is 5.26 Å². The van der Waals surface area contributed by atoms with Gasteiger partial charge in [-0.2, -0.15) is 5.26 Å². The first kappa shape index (κ1) is 13.3. The minimum Gasteiger partial charge on any atom is -0.389 e. The van der Waals surface area contributed by atoms with Crippen LogP contribution in [0.15, 0.2) is 48.8 Å². The zero-order chi connectivity index (χ0) is 14.8. The van der Waals surface area contributed by atoms with Crippen LogP contribution in [0.2, 0.25) is 0 Å². The molecule has 3 rings (SSSR count). The Hall–Kier alpha value is -2.71. The number of benzene rings is 1. The highest BCUT2D eigenvalue weighted by Crippen LogP contribution is 2.44. The molecule has 0 atom stereocenters. The molecule has 0 aliphatic heterocycles. The average Bonchev–Trinajstić information content (AvgIpc) is 2.85. The fourth-order valence-electron chi connectivity index (χ4n) is 2.16. The van der Waals surface area contributed by atoms with Crippen molar-refractivity contribution >= 4 is 16.3 Å². The third kappa shape index (κ3) is 2.37. The molecule has 0 radical (unpaired) electrons. The van der Waals surface area contributed by atoms with Gasteiger partial charge in [0.25, 0.3) is 0 Å². The molecule has 3 nitrogen and oxygen atoms in total. The molecule has 0 saturated heterocycles. The second-order valence-electron chi connectivity index (χ2n) is 4.40. The molecule has 2 aromatic heterocycles. The largest absolute Gasteiger partial charge is 0.389 e. The first-order valence-corrected chi connectivity index (χ1v) is 7.01. The van der Waals surface area contributed by atoms with E-state index in [0.29, 0.717) is 10.6 Å². The molecule has 5 heteroatoms.